The minimum Gasteiger partial charge on any atom is -0.741 e. The lowest BCUT2D eigenvalue weighted by Gasteiger charge is -2.09. The summed E-state index contributed by atoms with van der Waals surface area (Å²) in [6.07, 6.45) is 1.96. The van der Waals surface area contributed by atoms with Crippen LogP contribution in [-0.2, 0) is 25.7 Å². The van der Waals surface area contributed by atoms with Crippen LogP contribution >= 0.6 is 0 Å². The summed E-state index contributed by atoms with van der Waals surface area (Å²) in [5.74, 6) is 3.13. The van der Waals surface area contributed by atoms with Gasteiger partial charge in [0.15, 0.2) is 15.0 Å². The Morgan fingerprint density at radius 1 is 1.07 bits per heavy atom. The first-order valence-corrected chi connectivity index (χ1v) is 11.0. The molecule has 0 unspecified atom stereocenters. The predicted octanol–water partition coefficient (Wildman–Crippen LogP) is 3.81. The minimum absolute atomic E-state index is 0.340. The molecule has 1 aliphatic heterocycles. The van der Waals surface area contributed by atoms with E-state index in [0.29, 0.717) is 16.6 Å². The standard InChI is InChI=1S/C16H17O3S.CHF3O3S/c1-18-16(17)19-14-8-9-15(20-10-4-5-11-20)13-7-3-2-6-12(13)14;2-1(3,4)8(5,6)7/h2-3,6-9H,4-5,10-11H2,1H3;(H,5,6,7)/q+1;/p-1. The highest BCUT2D eigenvalue weighted by Gasteiger charge is 2.37. The molecule has 3 rings (SSSR count). The summed E-state index contributed by atoms with van der Waals surface area (Å²) in [7, 11) is -4.43. The smallest absolute Gasteiger partial charge is 0.513 e. The number of rotatable bonds is 2. The molecule has 0 amide bonds. The fourth-order valence-corrected chi connectivity index (χ4v) is 5.09. The van der Waals surface area contributed by atoms with Crippen LogP contribution in [0.1, 0.15) is 12.8 Å². The number of halogens is 3. The maximum absolute atomic E-state index is 11.3. The molecule has 28 heavy (non-hydrogen) atoms. The van der Waals surface area contributed by atoms with Crippen molar-refractivity contribution < 1.29 is 40.4 Å². The highest BCUT2D eigenvalue weighted by molar-refractivity contribution is 7.97. The Hall–Kier alpha value is -1.98. The highest BCUT2D eigenvalue weighted by atomic mass is 32.2. The van der Waals surface area contributed by atoms with Crippen LogP contribution in [0.4, 0.5) is 18.0 Å². The lowest BCUT2D eigenvalue weighted by molar-refractivity contribution is -0.0517. The predicted molar refractivity (Wildman–Crippen MR) is 97.3 cm³/mol. The number of fused-ring (bicyclic) bond motifs is 1. The van der Waals surface area contributed by atoms with Gasteiger partial charge in [0.05, 0.1) is 7.11 Å². The molecule has 0 bridgehead atoms. The van der Waals surface area contributed by atoms with Gasteiger partial charge >= 0.3 is 11.7 Å². The van der Waals surface area contributed by atoms with Crippen molar-refractivity contribution in [3.05, 3.63) is 36.4 Å². The second-order valence-electron chi connectivity index (χ2n) is 5.67. The average molecular weight is 438 g/mol. The first-order chi connectivity index (χ1) is 13.0. The van der Waals surface area contributed by atoms with Gasteiger partial charge in [0, 0.05) is 21.7 Å². The Morgan fingerprint density at radius 3 is 2.11 bits per heavy atom. The fraction of sp³-hybridized carbons (Fsp3) is 0.353. The molecule has 11 heteroatoms. The van der Waals surface area contributed by atoms with E-state index in [-0.39, 0.29) is 0 Å². The Morgan fingerprint density at radius 2 is 1.61 bits per heavy atom. The third kappa shape index (κ3) is 5.52. The first-order valence-electron chi connectivity index (χ1n) is 8.02. The van der Waals surface area contributed by atoms with E-state index in [1.165, 1.54) is 41.7 Å². The molecule has 6 nitrogen and oxygen atoms in total. The summed E-state index contributed by atoms with van der Waals surface area (Å²) < 4.78 is 68.7. The Labute approximate surface area is 162 Å². The molecule has 1 fully saturated rings. The molecule has 0 radical (unpaired) electrons. The maximum Gasteiger partial charge on any atom is 0.513 e. The second-order valence-corrected chi connectivity index (χ2v) is 9.28. The van der Waals surface area contributed by atoms with E-state index in [0.717, 1.165) is 5.39 Å². The van der Waals surface area contributed by atoms with Gasteiger partial charge in [0.25, 0.3) is 0 Å². The molecule has 0 aromatic heterocycles. The van der Waals surface area contributed by atoms with Gasteiger partial charge in [-0.2, -0.15) is 13.2 Å². The number of hydrogen-bond donors (Lipinski definition) is 0. The van der Waals surface area contributed by atoms with Crippen molar-refractivity contribution in [1.29, 1.82) is 0 Å². The molecule has 0 saturated carbocycles. The van der Waals surface area contributed by atoms with Crippen molar-refractivity contribution in [3.8, 4) is 5.75 Å². The summed E-state index contributed by atoms with van der Waals surface area (Å²) in [5.41, 5.74) is -5.65. The van der Waals surface area contributed by atoms with Crippen molar-refractivity contribution in [2.45, 2.75) is 23.2 Å². The molecular weight excluding hydrogens is 421 g/mol. The summed E-state index contributed by atoms with van der Waals surface area (Å²) in [6, 6.07) is 12.1. The summed E-state index contributed by atoms with van der Waals surface area (Å²) in [5, 5.41) is 2.17. The molecule has 0 N–H and O–H groups in total. The van der Waals surface area contributed by atoms with Crippen LogP contribution in [-0.4, -0.2) is 43.2 Å². The summed E-state index contributed by atoms with van der Waals surface area (Å²) in [6.45, 7) is 0. The lowest BCUT2D eigenvalue weighted by Crippen LogP contribution is -2.21. The van der Waals surface area contributed by atoms with Gasteiger partial charge in [-0.05, 0) is 31.0 Å². The first kappa shape index (κ1) is 22.3. The summed E-state index contributed by atoms with van der Waals surface area (Å²) >= 11 is 0. The minimum atomic E-state index is -6.09. The Kier molecular flexibility index (Phi) is 7.18. The third-order valence-electron chi connectivity index (χ3n) is 3.83. The number of methoxy groups -OCH3 is 1. The van der Waals surface area contributed by atoms with Gasteiger partial charge in [0.1, 0.15) is 17.3 Å². The largest absolute Gasteiger partial charge is 0.741 e. The normalized spacial score (nSPS) is 15.0. The topological polar surface area (TPSA) is 92.7 Å². The van der Waals surface area contributed by atoms with Crippen LogP contribution in [0.25, 0.3) is 10.8 Å². The Balaban J connectivity index is 0.000000300. The van der Waals surface area contributed by atoms with Crippen molar-refractivity contribution in [1.82, 2.24) is 0 Å². The monoisotopic (exact) mass is 438 g/mol. The van der Waals surface area contributed by atoms with E-state index >= 15 is 0 Å². The van der Waals surface area contributed by atoms with E-state index in [4.69, 9.17) is 17.7 Å². The number of hydrogen-bond acceptors (Lipinski definition) is 6. The molecule has 0 aliphatic carbocycles. The van der Waals surface area contributed by atoms with E-state index in [1.54, 1.807) is 0 Å². The van der Waals surface area contributed by atoms with Crippen molar-refractivity contribution in [3.63, 3.8) is 0 Å². The average Bonchev–Trinajstić information content (AvgIpc) is 3.15. The van der Waals surface area contributed by atoms with Gasteiger partial charge < -0.3 is 14.0 Å². The van der Waals surface area contributed by atoms with E-state index in [2.05, 4.69) is 16.9 Å². The van der Waals surface area contributed by atoms with Gasteiger partial charge in [-0.15, -0.1) is 0 Å². The van der Waals surface area contributed by atoms with Crippen LogP contribution in [0.2, 0.25) is 0 Å². The zero-order chi connectivity index (χ0) is 20.9. The van der Waals surface area contributed by atoms with Crippen LogP contribution in [0.3, 0.4) is 0 Å². The molecular formula is C17H17F3O6S2. The number of ether oxygens (including phenoxy) is 2. The van der Waals surface area contributed by atoms with Crippen LogP contribution in [0.5, 0.6) is 5.75 Å². The van der Waals surface area contributed by atoms with Crippen LogP contribution in [0.15, 0.2) is 41.3 Å². The van der Waals surface area contributed by atoms with Crippen LogP contribution < -0.4 is 4.74 Å². The summed E-state index contributed by atoms with van der Waals surface area (Å²) in [4.78, 5) is 12.7. The number of alkyl halides is 3. The van der Waals surface area contributed by atoms with Crippen LogP contribution in [0, 0.1) is 0 Å². The van der Waals surface area contributed by atoms with Gasteiger partial charge in [0.2, 0.25) is 0 Å². The van der Waals surface area contributed by atoms with Gasteiger partial charge in [-0.1, -0.05) is 18.2 Å². The van der Waals surface area contributed by atoms with E-state index < -0.39 is 21.8 Å². The molecule has 2 aromatic rings. The SMILES string of the molecule is COC(=O)Oc1ccc([S+]2CCCC2)c2ccccc12.O=S(=O)([O-])C(F)(F)F. The number of benzene rings is 2. The zero-order valence-electron chi connectivity index (χ0n) is 14.7. The number of carbonyl (C=O) groups excluding carboxylic acids is 1. The van der Waals surface area contributed by atoms with Crippen molar-refractivity contribution >= 4 is 37.9 Å². The molecule has 1 aliphatic rings. The van der Waals surface area contributed by atoms with Crippen molar-refractivity contribution in [2.24, 2.45) is 0 Å². The second kappa shape index (κ2) is 9.01. The molecule has 0 atom stereocenters. The maximum atomic E-state index is 11.3. The van der Waals surface area contributed by atoms with Gasteiger partial charge in [-0.25, -0.2) is 13.2 Å². The molecule has 1 heterocycles. The third-order valence-corrected chi connectivity index (χ3v) is 6.94. The van der Waals surface area contributed by atoms with E-state index in [9.17, 15) is 18.0 Å². The fourth-order valence-electron chi connectivity index (χ4n) is 2.59. The quantitative estimate of drug-likeness (QED) is 0.233. The molecule has 154 valence electrons. The van der Waals surface area contributed by atoms with Crippen molar-refractivity contribution in [2.75, 3.05) is 18.6 Å². The molecule has 2 aromatic carbocycles. The Bertz CT molecular complexity index is 938. The zero-order valence-corrected chi connectivity index (χ0v) is 16.3. The lowest BCUT2D eigenvalue weighted by atomic mass is 10.1. The molecule has 1 saturated heterocycles. The number of carbonyl (C=O) groups is 1. The molecule has 0 spiro atoms. The van der Waals surface area contributed by atoms with E-state index in [1.807, 2.05) is 24.3 Å². The highest BCUT2D eigenvalue weighted by Crippen LogP contribution is 2.34. The van der Waals surface area contributed by atoms with Gasteiger partial charge in [-0.3, -0.25) is 0 Å².